The highest BCUT2D eigenvalue weighted by Gasteiger charge is 2.12. The molecule has 0 fully saturated rings. The van der Waals surface area contributed by atoms with E-state index >= 15 is 0 Å². The third-order valence-electron chi connectivity index (χ3n) is 1.16. The van der Waals surface area contributed by atoms with Crippen molar-refractivity contribution in [3.05, 3.63) is 0 Å². The minimum absolute atomic E-state index is 0.0305. The van der Waals surface area contributed by atoms with Crippen LogP contribution in [-0.4, -0.2) is 38.4 Å². The predicted octanol–water partition coefficient (Wildman–Crippen LogP) is 0.128. The van der Waals surface area contributed by atoms with Crippen molar-refractivity contribution in [1.29, 1.82) is 0 Å². The Morgan fingerprint density at radius 3 is 2.15 bits per heavy atom. The molecule has 0 aliphatic rings. The van der Waals surface area contributed by atoms with Crippen molar-refractivity contribution in [3.8, 4) is 0 Å². The minimum Gasteiger partial charge on any atom is -0.462 e. The van der Waals surface area contributed by atoms with Crippen LogP contribution in [0, 0.1) is 0 Å². The van der Waals surface area contributed by atoms with E-state index in [9.17, 15) is 9.59 Å². The molecule has 0 aromatic rings. The van der Waals surface area contributed by atoms with Crippen LogP contribution in [0.4, 0.5) is 0 Å². The molecule has 5 nitrogen and oxygen atoms in total. The van der Waals surface area contributed by atoms with Gasteiger partial charge in [-0.25, -0.2) is 0 Å². The first kappa shape index (κ1) is 11.9. The minimum atomic E-state index is -0.522. The van der Waals surface area contributed by atoms with Gasteiger partial charge < -0.3 is 14.2 Å². The summed E-state index contributed by atoms with van der Waals surface area (Å²) >= 11 is 0. The standard InChI is InChI=1S/C8H14O5/c1-6(9)12-5-8(4-11-3)13-7(2)10/h8H,4-5H2,1-3H3/t8-/m1/s1. The van der Waals surface area contributed by atoms with Gasteiger partial charge in [-0.1, -0.05) is 0 Å². The Morgan fingerprint density at radius 1 is 1.15 bits per heavy atom. The van der Waals surface area contributed by atoms with Gasteiger partial charge in [0.2, 0.25) is 0 Å². The summed E-state index contributed by atoms with van der Waals surface area (Å²) in [5.41, 5.74) is 0. The zero-order valence-corrected chi connectivity index (χ0v) is 8.03. The maximum Gasteiger partial charge on any atom is 0.303 e. The summed E-state index contributed by atoms with van der Waals surface area (Å²) in [4.78, 5) is 21.0. The molecule has 0 saturated carbocycles. The van der Waals surface area contributed by atoms with Crippen molar-refractivity contribution in [1.82, 2.24) is 0 Å². The van der Waals surface area contributed by atoms with Gasteiger partial charge in [-0.3, -0.25) is 9.59 Å². The second-order valence-electron chi connectivity index (χ2n) is 2.49. The Labute approximate surface area is 77.0 Å². The van der Waals surface area contributed by atoms with Gasteiger partial charge in [-0.05, 0) is 0 Å². The molecule has 0 amide bonds. The van der Waals surface area contributed by atoms with Gasteiger partial charge in [-0.15, -0.1) is 0 Å². The summed E-state index contributed by atoms with van der Waals surface area (Å²) in [6, 6.07) is 0. The molecule has 76 valence electrons. The van der Waals surface area contributed by atoms with Gasteiger partial charge in [0.15, 0.2) is 6.10 Å². The normalized spacial score (nSPS) is 11.9. The Kier molecular flexibility index (Phi) is 5.88. The fourth-order valence-corrected chi connectivity index (χ4v) is 0.747. The second-order valence-corrected chi connectivity index (χ2v) is 2.49. The van der Waals surface area contributed by atoms with Gasteiger partial charge in [-0.2, -0.15) is 0 Å². The number of carbonyl (C=O) groups is 2. The van der Waals surface area contributed by atoms with Crippen molar-refractivity contribution in [2.75, 3.05) is 20.3 Å². The van der Waals surface area contributed by atoms with Crippen LogP contribution in [0.1, 0.15) is 13.8 Å². The Bertz CT molecular complexity index is 177. The maximum atomic E-state index is 10.6. The van der Waals surface area contributed by atoms with Gasteiger partial charge in [0, 0.05) is 21.0 Å². The molecule has 0 aromatic carbocycles. The lowest BCUT2D eigenvalue weighted by atomic mass is 10.4. The van der Waals surface area contributed by atoms with Crippen molar-refractivity contribution >= 4 is 11.9 Å². The largest absolute Gasteiger partial charge is 0.462 e. The molecule has 0 saturated heterocycles. The molecule has 0 aliphatic carbocycles. The average molecular weight is 190 g/mol. The van der Waals surface area contributed by atoms with Gasteiger partial charge in [0.1, 0.15) is 6.61 Å². The number of ether oxygens (including phenoxy) is 3. The fraction of sp³-hybridized carbons (Fsp3) is 0.750. The zero-order valence-electron chi connectivity index (χ0n) is 8.03. The van der Waals surface area contributed by atoms with Gasteiger partial charge >= 0.3 is 11.9 Å². The van der Waals surface area contributed by atoms with Gasteiger partial charge in [0.25, 0.3) is 0 Å². The van der Waals surface area contributed by atoms with Crippen LogP contribution >= 0.6 is 0 Å². The first-order valence-electron chi connectivity index (χ1n) is 3.85. The SMILES string of the molecule is COC[C@H](COC(C)=O)OC(C)=O. The lowest BCUT2D eigenvalue weighted by molar-refractivity contribution is -0.159. The van der Waals surface area contributed by atoms with Crippen LogP contribution in [0.2, 0.25) is 0 Å². The number of hydrogen-bond donors (Lipinski definition) is 0. The molecule has 1 atom stereocenters. The third-order valence-corrected chi connectivity index (χ3v) is 1.16. The fourth-order valence-electron chi connectivity index (χ4n) is 0.747. The Hall–Kier alpha value is -1.10. The summed E-state index contributed by atoms with van der Waals surface area (Å²) < 4.78 is 14.2. The van der Waals surface area contributed by atoms with E-state index in [4.69, 9.17) is 9.47 Å². The quantitative estimate of drug-likeness (QED) is 0.576. The summed E-state index contributed by atoms with van der Waals surface area (Å²) in [5.74, 6) is -0.831. The van der Waals surface area contributed by atoms with Crippen LogP contribution in [0.25, 0.3) is 0 Å². The van der Waals surface area contributed by atoms with E-state index < -0.39 is 18.0 Å². The van der Waals surface area contributed by atoms with Crippen LogP contribution in [-0.2, 0) is 23.8 Å². The molecule has 13 heavy (non-hydrogen) atoms. The Balaban J connectivity index is 3.79. The Morgan fingerprint density at radius 2 is 1.77 bits per heavy atom. The molecule has 0 unspecified atom stereocenters. The average Bonchev–Trinajstić information content (AvgIpc) is 1.99. The second kappa shape index (κ2) is 6.42. The first-order valence-corrected chi connectivity index (χ1v) is 3.85. The highest BCUT2D eigenvalue weighted by molar-refractivity contribution is 5.67. The zero-order chi connectivity index (χ0) is 10.3. The molecule has 0 aromatic heterocycles. The topological polar surface area (TPSA) is 61.8 Å². The molecule has 0 rings (SSSR count). The summed E-state index contributed by atoms with van der Waals surface area (Å²) in [7, 11) is 1.48. The molecule has 0 radical (unpaired) electrons. The molecule has 0 bridgehead atoms. The number of methoxy groups -OCH3 is 1. The summed E-state index contributed by atoms with van der Waals surface area (Å²) in [5, 5.41) is 0. The highest BCUT2D eigenvalue weighted by Crippen LogP contribution is 1.95. The lowest BCUT2D eigenvalue weighted by Crippen LogP contribution is -2.27. The monoisotopic (exact) mass is 190 g/mol. The number of esters is 2. The van der Waals surface area contributed by atoms with Gasteiger partial charge in [0.05, 0.1) is 6.61 Å². The first-order chi connectivity index (χ1) is 6.06. The highest BCUT2D eigenvalue weighted by atomic mass is 16.6. The van der Waals surface area contributed by atoms with E-state index in [0.717, 1.165) is 0 Å². The molecule has 5 heteroatoms. The molecular weight excluding hydrogens is 176 g/mol. The van der Waals surface area contributed by atoms with E-state index in [1.54, 1.807) is 0 Å². The molecular formula is C8H14O5. The summed E-state index contributed by atoms with van der Waals surface area (Å²) in [6.45, 7) is 2.82. The molecule has 0 heterocycles. The van der Waals surface area contributed by atoms with Crippen molar-refractivity contribution in [2.45, 2.75) is 20.0 Å². The van der Waals surface area contributed by atoms with E-state index in [2.05, 4.69) is 4.74 Å². The van der Waals surface area contributed by atoms with Crippen LogP contribution in [0.3, 0.4) is 0 Å². The van der Waals surface area contributed by atoms with E-state index in [1.165, 1.54) is 21.0 Å². The predicted molar refractivity (Wildman–Crippen MR) is 44.1 cm³/mol. The van der Waals surface area contributed by atoms with Crippen LogP contribution in [0.15, 0.2) is 0 Å². The molecule has 0 N–H and O–H groups in total. The summed E-state index contributed by atoms with van der Waals surface area (Å²) in [6.07, 6.45) is -0.522. The number of carbonyl (C=O) groups excluding carboxylic acids is 2. The number of rotatable bonds is 5. The smallest absolute Gasteiger partial charge is 0.303 e. The molecule has 0 spiro atoms. The van der Waals surface area contributed by atoms with Crippen molar-refractivity contribution in [3.63, 3.8) is 0 Å². The van der Waals surface area contributed by atoms with E-state index in [-0.39, 0.29) is 13.2 Å². The van der Waals surface area contributed by atoms with E-state index in [1.807, 2.05) is 0 Å². The van der Waals surface area contributed by atoms with Crippen LogP contribution < -0.4 is 0 Å². The van der Waals surface area contributed by atoms with Crippen LogP contribution in [0.5, 0.6) is 0 Å². The number of hydrogen-bond acceptors (Lipinski definition) is 5. The maximum absolute atomic E-state index is 10.6. The van der Waals surface area contributed by atoms with Crippen molar-refractivity contribution < 1.29 is 23.8 Å². The third kappa shape index (κ3) is 7.27. The lowest BCUT2D eigenvalue weighted by Gasteiger charge is -2.15. The van der Waals surface area contributed by atoms with E-state index in [0.29, 0.717) is 0 Å². The van der Waals surface area contributed by atoms with Crippen molar-refractivity contribution in [2.24, 2.45) is 0 Å². The molecule has 0 aliphatic heterocycles.